The highest BCUT2D eigenvalue weighted by Gasteiger charge is 2.06. The topological polar surface area (TPSA) is 90.0 Å². The van der Waals surface area contributed by atoms with E-state index < -0.39 is 10.0 Å². The van der Waals surface area contributed by atoms with Crippen LogP contribution in [0.25, 0.3) is 0 Å². The number of nitrogens with two attached hydrogens (primary N) is 1. The second-order valence-electron chi connectivity index (χ2n) is 3.95. The third kappa shape index (κ3) is 3.08. The van der Waals surface area contributed by atoms with E-state index in [4.69, 9.17) is 5.14 Å². The van der Waals surface area contributed by atoms with Crippen LogP contribution in [-0.2, 0) is 23.6 Å². The van der Waals surface area contributed by atoms with Crippen molar-refractivity contribution in [1.82, 2.24) is 9.78 Å². The first-order chi connectivity index (χ1) is 8.45. The van der Waals surface area contributed by atoms with Gasteiger partial charge in [0.1, 0.15) is 0 Å². The zero-order valence-electron chi connectivity index (χ0n) is 9.87. The molecule has 1 heterocycles. The number of nitrogens with one attached hydrogen (secondary N) is 1. The minimum Gasteiger partial charge on any atom is -0.381 e. The van der Waals surface area contributed by atoms with Crippen LogP contribution in [-0.4, -0.2) is 18.2 Å². The van der Waals surface area contributed by atoms with Gasteiger partial charge in [0.2, 0.25) is 10.0 Å². The molecular formula is C11H14N4O2S. The molecule has 18 heavy (non-hydrogen) atoms. The number of hydrogen-bond acceptors (Lipinski definition) is 4. The number of aromatic nitrogens is 2. The summed E-state index contributed by atoms with van der Waals surface area (Å²) in [6.45, 7) is 0.628. The van der Waals surface area contributed by atoms with Crippen LogP contribution in [0.15, 0.2) is 41.6 Å². The lowest BCUT2D eigenvalue weighted by molar-refractivity contribution is 0.598. The van der Waals surface area contributed by atoms with E-state index in [9.17, 15) is 8.42 Å². The Morgan fingerprint density at radius 2 is 2.00 bits per heavy atom. The number of benzene rings is 1. The Hall–Kier alpha value is -1.86. The molecule has 0 fully saturated rings. The summed E-state index contributed by atoms with van der Waals surface area (Å²) in [4.78, 5) is 0.106. The molecule has 0 atom stereocenters. The Balaban J connectivity index is 2.03. The highest BCUT2D eigenvalue weighted by atomic mass is 32.2. The first kappa shape index (κ1) is 12.6. The third-order valence-corrected chi connectivity index (χ3v) is 3.37. The predicted octanol–water partition coefficient (Wildman–Crippen LogP) is 0.680. The number of nitrogens with zero attached hydrogens (tertiary/aromatic N) is 2. The van der Waals surface area contributed by atoms with E-state index in [0.29, 0.717) is 6.54 Å². The van der Waals surface area contributed by atoms with Gasteiger partial charge in [0.15, 0.2) is 0 Å². The molecule has 7 heteroatoms. The van der Waals surface area contributed by atoms with Gasteiger partial charge in [0, 0.05) is 31.0 Å². The molecule has 0 aliphatic carbocycles. The second-order valence-corrected chi connectivity index (χ2v) is 5.51. The minimum absolute atomic E-state index is 0.106. The quantitative estimate of drug-likeness (QED) is 0.851. The van der Waals surface area contributed by atoms with Gasteiger partial charge in [0.25, 0.3) is 0 Å². The Morgan fingerprint density at radius 1 is 1.33 bits per heavy atom. The van der Waals surface area contributed by atoms with Crippen molar-refractivity contribution < 1.29 is 8.42 Å². The SMILES string of the molecule is Cn1cc(CNc2ccc(S(N)(=O)=O)cc2)cn1. The maximum absolute atomic E-state index is 11.1. The summed E-state index contributed by atoms with van der Waals surface area (Å²) in [5.74, 6) is 0. The summed E-state index contributed by atoms with van der Waals surface area (Å²) in [5, 5.41) is 12.2. The summed E-state index contributed by atoms with van der Waals surface area (Å²) in [6, 6.07) is 6.30. The van der Waals surface area contributed by atoms with E-state index >= 15 is 0 Å². The fourth-order valence-electron chi connectivity index (χ4n) is 1.53. The van der Waals surface area contributed by atoms with Crippen molar-refractivity contribution in [2.45, 2.75) is 11.4 Å². The summed E-state index contributed by atoms with van der Waals surface area (Å²) >= 11 is 0. The number of sulfonamides is 1. The molecule has 0 aliphatic rings. The molecular weight excluding hydrogens is 252 g/mol. The molecule has 3 N–H and O–H groups in total. The maximum atomic E-state index is 11.1. The number of primary sulfonamides is 1. The lowest BCUT2D eigenvalue weighted by atomic mass is 10.3. The first-order valence-corrected chi connectivity index (χ1v) is 6.84. The van der Waals surface area contributed by atoms with Gasteiger partial charge in [-0.3, -0.25) is 4.68 Å². The molecule has 2 aromatic rings. The van der Waals surface area contributed by atoms with Crippen LogP contribution < -0.4 is 10.5 Å². The Kier molecular flexibility index (Phi) is 3.35. The van der Waals surface area contributed by atoms with Gasteiger partial charge >= 0.3 is 0 Å². The Bertz CT molecular complexity index is 631. The lowest BCUT2D eigenvalue weighted by Crippen LogP contribution is -2.11. The molecule has 1 aromatic heterocycles. The summed E-state index contributed by atoms with van der Waals surface area (Å²) in [6.07, 6.45) is 3.68. The Labute approximate surface area is 105 Å². The van der Waals surface area contributed by atoms with Crippen molar-refractivity contribution >= 4 is 15.7 Å². The van der Waals surface area contributed by atoms with Gasteiger partial charge < -0.3 is 5.32 Å². The summed E-state index contributed by atoms with van der Waals surface area (Å²) in [7, 11) is -1.77. The third-order valence-electron chi connectivity index (χ3n) is 2.44. The molecule has 2 rings (SSSR count). The van der Waals surface area contributed by atoms with Crippen molar-refractivity contribution in [2.75, 3.05) is 5.32 Å². The lowest BCUT2D eigenvalue weighted by Gasteiger charge is -2.05. The number of aryl methyl sites for hydroxylation is 1. The number of rotatable bonds is 4. The molecule has 0 amide bonds. The van der Waals surface area contributed by atoms with Gasteiger partial charge in [-0.2, -0.15) is 5.10 Å². The van der Waals surface area contributed by atoms with Gasteiger partial charge in [-0.25, -0.2) is 13.6 Å². The molecule has 0 radical (unpaired) electrons. The zero-order valence-corrected chi connectivity index (χ0v) is 10.7. The molecule has 0 spiro atoms. The van der Waals surface area contributed by atoms with Crippen LogP contribution in [0.5, 0.6) is 0 Å². The molecule has 0 saturated carbocycles. The minimum atomic E-state index is -3.62. The average molecular weight is 266 g/mol. The smallest absolute Gasteiger partial charge is 0.238 e. The zero-order chi connectivity index (χ0) is 13.2. The van der Waals surface area contributed by atoms with E-state index in [-0.39, 0.29) is 4.90 Å². The maximum Gasteiger partial charge on any atom is 0.238 e. The standard InChI is InChI=1S/C11H14N4O2S/c1-15-8-9(7-14-15)6-13-10-2-4-11(5-3-10)18(12,16)17/h2-5,7-8,13H,6H2,1H3,(H2,12,16,17). The highest BCUT2D eigenvalue weighted by molar-refractivity contribution is 7.89. The molecule has 1 aromatic carbocycles. The normalized spacial score (nSPS) is 11.4. The molecule has 0 unspecified atom stereocenters. The molecule has 0 saturated heterocycles. The van der Waals surface area contributed by atoms with Crippen LogP contribution in [0.3, 0.4) is 0 Å². The van der Waals surface area contributed by atoms with Crippen molar-refractivity contribution in [2.24, 2.45) is 12.2 Å². The van der Waals surface area contributed by atoms with Crippen molar-refractivity contribution in [3.05, 3.63) is 42.2 Å². The van der Waals surface area contributed by atoms with Crippen LogP contribution in [0.4, 0.5) is 5.69 Å². The van der Waals surface area contributed by atoms with Gasteiger partial charge in [0.05, 0.1) is 11.1 Å². The molecule has 0 aliphatic heterocycles. The molecule has 6 nitrogen and oxygen atoms in total. The van der Waals surface area contributed by atoms with E-state index in [1.165, 1.54) is 12.1 Å². The molecule has 96 valence electrons. The van der Waals surface area contributed by atoms with Crippen molar-refractivity contribution in [1.29, 1.82) is 0 Å². The monoisotopic (exact) mass is 266 g/mol. The number of hydrogen-bond donors (Lipinski definition) is 2. The fourth-order valence-corrected chi connectivity index (χ4v) is 2.05. The largest absolute Gasteiger partial charge is 0.381 e. The van der Waals surface area contributed by atoms with Gasteiger partial charge in [-0.05, 0) is 24.3 Å². The summed E-state index contributed by atoms with van der Waals surface area (Å²) < 4.78 is 23.9. The van der Waals surface area contributed by atoms with Gasteiger partial charge in [-0.15, -0.1) is 0 Å². The fraction of sp³-hybridized carbons (Fsp3) is 0.182. The van der Waals surface area contributed by atoms with E-state index in [0.717, 1.165) is 11.3 Å². The highest BCUT2D eigenvalue weighted by Crippen LogP contribution is 2.13. The van der Waals surface area contributed by atoms with Gasteiger partial charge in [-0.1, -0.05) is 0 Å². The van der Waals surface area contributed by atoms with Crippen LogP contribution in [0.2, 0.25) is 0 Å². The van der Waals surface area contributed by atoms with E-state index in [1.807, 2.05) is 13.2 Å². The van der Waals surface area contributed by atoms with E-state index in [2.05, 4.69) is 10.4 Å². The second kappa shape index (κ2) is 4.79. The average Bonchev–Trinajstić information content (AvgIpc) is 2.72. The van der Waals surface area contributed by atoms with Crippen LogP contribution >= 0.6 is 0 Å². The molecule has 0 bridgehead atoms. The van der Waals surface area contributed by atoms with Crippen LogP contribution in [0.1, 0.15) is 5.56 Å². The van der Waals surface area contributed by atoms with Crippen LogP contribution in [0, 0.1) is 0 Å². The van der Waals surface area contributed by atoms with Crippen molar-refractivity contribution in [3.8, 4) is 0 Å². The van der Waals surface area contributed by atoms with Crippen molar-refractivity contribution in [3.63, 3.8) is 0 Å². The first-order valence-electron chi connectivity index (χ1n) is 5.29. The number of anilines is 1. The van der Waals surface area contributed by atoms with E-state index in [1.54, 1.807) is 23.0 Å². The summed E-state index contributed by atoms with van der Waals surface area (Å²) in [5.41, 5.74) is 1.87. The Morgan fingerprint density at radius 3 is 2.50 bits per heavy atom. The predicted molar refractivity (Wildman–Crippen MR) is 68.3 cm³/mol.